The first-order chi connectivity index (χ1) is 12.5. The van der Waals surface area contributed by atoms with Crippen molar-refractivity contribution in [2.75, 3.05) is 29.9 Å². The SMILES string of the molecule is Cc1cc(N(C)C2CCN(c3nc(C)nc4c3cnn4C)CC2)ncn1. The van der Waals surface area contributed by atoms with Gasteiger partial charge in [0.1, 0.15) is 23.8 Å². The lowest BCUT2D eigenvalue weighted by Crippen LogP contribution is -2.44. The van der Waals surface area contributed by atoms with Gasteiger partial charge in [-0.1, -0.05) is 0 Å². The number of aryl methyl sites for hydroxylation is 3. The molecule has 1 aliphatic rings. The van der Waals surface area contributed by atoms with Crippen LogP contribution in [0.2, 0.25) is 0 Å². The summed E-state index contributed by atoms with van der Waals surface area (Å²) in [5.74, 6) is 2.77. The zero-order valence-corrected chi connectivity index (χ0v) is 15.7. The highest BCUT2D eigenvalue weighted by Crippen LogP contribution is 2.28. The van der Waals surface area contributed by atoms with E-state index in [4.69, 9.17) is 4.98 Å². The van der Waals surface area contributed by atoms with Crippen molar-refractivity contribution in [3.8, 4) is 0 Å². The Bertz CT molecular complexity index is 926. The van der Waals surface area contributed by atoms with Gasteiger partial charge in [0, 0.05) is 45.0 Å². The zero-order valence-electron chi connectivity index (χ0n) is 15.7. The van der Waals surface area contributed by atoms with Crippen molar-refractivity contribution in [2.24, 2.45) is 7.05 Å². The lowest BCUT2D eigenvalue weighted by atomic mass is 10.0. The number of nitrogens with zero attached hydrogens (tertiary/aromatic N) is 8. The van der Waals surface area contributed by atoms with Crippen LogP contribution in [0.5, 0.6) is 0 Å². The molecule has 3 aromatic heterocycles. The van der Waals surface area contributed by atoms with Crippen LogP contribution >= 0.6 is 0 Å². The van der Waals surface area contributed by atoms with E-state index in [-0.39, 0.29) is 0 Å². The molecule has 0 aliphatic carbocycles. The van der Waals surface area contributed by atoms with E-state index in [1.54, 1.807) is 6.33 Å². The molecule has 3 aromatic rings. The summed E-state index contributed by atoms with van der Waals surface area (Å²) in [4.78, 5) is 22.5. The quantitative estimate of drug-likeness (QED) is 0.712. The summed E-state index contributed by atoms with van der Waals surface area (Å²) in [5, 5.41) is 5.37. The predicted octanol–water partition coefficient (Wildman–Crippen LogP) is 1.88. The molecule has 8 nitrogen and oxygen atoms in total. The third kappa shape index (κ3) is 2.95. The molecule has 0 unspecified atom stereocenters. The standard InChI is InChI=1S/C18H24N8/c1-12-9-16(20-11-19-12)24(3)14-5-7-26(8-6-14)18-15-10-21-25(4)17(15)22-13(2)23-18/h9-11,14H,5-8H2,1-4H3. The van der Waals surface area contributed by atoms with Gasteiger partial charge in [-0.3, -0.25) is 4.68 Å². The Kier molecular flexibility index (Phi) is 4.18. The van der Waals surface area contributed by atoms with E-state index in [1.807, 2.05) is 37.8 Å². The smallest absolute Gasteiger partial charge is 0.163 e. The van der Waals surface area contributed by atoms with Gasteiger partial charge in [-0.2, -0.15) is 5.10 Å². The Morgan fingerprint density at radius 2 is 1.88 bits per heavy atom. The monoisotopic (exact) mass is 352 g/mol. The minimum absolute atomic E-state index is 0.466. The third-order valence-electron chi connectivity index (χ3n) is 5.15. The van der Waals surface area contributed by atoms with Gasteiger partial charge in [0.25, 0.3) is 0 Å². The molecule has 0 spiro atoms. The van der Waals surface area contributed by atoms with E-state index in [9.17, 15) is 0 Å². The molecule has 1 aliphatic heterocycles. The van der Waals surface area contributed by atoms with Crippen molar-refractivity contribution >= 4 is 22.7 Å². The van der Waals surface area contributed by atoms with Crippen molar-refractivity contribution in [3.05, 3.63) is 30.1 Å². The fourth-order valence-corrected chi connectivity index (χ4v) is 3.64. The van der Waals surface area contributed by atoms with Crippen LogP contribution in [-0.4, -0.2) is 55.9 Å². The number of hydrogen-bond donors (Lipinski definition) is 0. The Labute approximate surface area is 152 Å². The second kappa shape index (κ2) is 6.51. The van der Waals surface area contributed by atoms with E-state index < -0.39 is 0 Å². The molecule has 1 fully saturated rings. The van der Waals surface area contributed by atoms with Gasteiger partial charge in [-0.15, -0.1) is 0 Å². The van der Waals surface area contributed by atoms with Gasteiger partial charge in [0.05, 0.1) is 11.6 Å². The summed E-state index contributed by atoms with van der Waals surface area (Å²) in [7, 11) is 4.04. The van der Waals surface area contributed by atoms with E-state index in [2.05, 4.69) is 36.9 Å². The average Bonchev–Trinajstić information content (AvgIpc) is 3.01. The van der Waals surface area contributed by atoms with Crippen molar-refractivity contribution in [3.63, 3.8) is 0 Å². The summed E-state index contributed by atoms with van der Waals surface area (Å²) in [6, 6.07) is 2.51. The van der Waals surface area contributed by atoms with Crippen LogP contribution in [0, 0.1) is 13.8 Å². The third-order valence-corrected chi connectivity index (χ3v) is 5.15. The molecule has 0 radical (unpaired) electrons. The lowest BCUT2D eigenvalue weighted by Gasteiger charge is -2.38. The molecule has 0 N–H and O–H groups in total. The van der Waals surface area contributed by atoms with Crippen molar-refractivity contribution < 1.29 is 0 Å². The molecule has 4 heterocycles. The molecule has 136 valence electrons. The minimum Gasteiger partial charge on any atom is -0.356 e. The fourth-order valence-electron chi connectivity index (χ4n) is 3.64. The minimum atomic E-state index is 0.466. The fraction of sp³-hybridized carbons (Fsp3) is 0.500. The maximum Gasteiger partial charge on any atom is 0.163 e. The van der Waals surface area contributed by atoms with Gasteiger partial charge in [0.15, 0.2) is 5.65 Å². The van der Waals surface area contributed by atoms with Crippen LogP contribution in [0.15, 0.2) is 18.6 Å². The Morgan fingerprint density at radius 3 is 2.62 bits per heavy atom. The number of piperidine rings is 1. The van der Waals surface area contributed by atoms with E-state index in [1.165, 1.54) is 0 Å². The molecule has 0 amide bonds. The van der Waals surface area contributed by atoms with Gasteiger partial charge in [-0.25, -0.2) is 19.9 Å². The maximum atomic E-state index is 4.71. The Balaban J connectivity index is 1.52. The molecule has 8 heteroatoms. The van der Waals surface area contributed by atoms with Gasteiger partial charge >= 0.3 is 0 Å². The Morgan fingerprint density at radius 1 is 1.12 bits per heavy atom. The van der Waals surface area contributed by atoms with Gasteiger partial charge in [0.2, 0.25) is 0 Å². The topological polar surface area (TPSA) is 75.9 Å². The first-order valence-corrected chi connectivity index (χ1v) is 8.95. The van der Waals surface area contributed by atoms with E-state index in [0.717, 1.165) is 60.1 Å². The van der Waals surface area contributed by atoms with Crippen LogP contribution in [-0.2, 0) is 7.05 Å². The van der Waals surface area contributed by atoms with Crippen molar-refractivity contribution in [1.82, 2.24) is 29.7 Å². The number of hydrogen-bond acceptors (Lipinski definition) is 7. The van der Waals surface area contributed by atoms with Crippen molar-refractivity contribution in [2.45, 2.75) is 32.7 Å². The summed E-state index contributed by atoms with van der Waals surface area (Å²) in [5.41, 5.74) is 1.89. The first-order valence-electron chi connectivity index (χ1n) is 8.95. The normalized spacial score (nSPS) is 15.6. The van der Waals surface area contributed by atoms with Crippen LogP contribution in [0.1, 0.15) is 24.4 Å². The number of fused-ring (bicyclic) bond motifs is 1. The van der Waals surface area contributed by atoms with E-state index in [0.29, 0.717) is 6.04 Å². The number of rotatable bonds is 3. The highest BCUT2D eigenvalue weighted by atomic mass is 15.3. The number of aromatic nitrogens is 6. The lowest BCUT2D eigenvalue weighted by molar-refractivity contribution is 0.478. The molecule has 0 bridgehead atoms. The molecule has 4 rings (SSSR count). The molecule has 26 heavy (non-hydrogen) atoms. The average molecular weight is 352 g/mol. The van der Waals surface area contributed by atoms with Crippen molar-refractivity contribution in [1.29, 1.82) is 0 Å². The second-order valence-corrected chi connectivity index (χ2v) is 6.95. The first kappa shape index (κ1) is 16.7. The van der Waals surface area contributed by atoms with Crippen LogP contribution in [0.4, 0.5) is 11.6 Å². The predicted molar refractivity (Wildman–Crippen MR) is 101 cm³/mol. The molecular weight excluding hydrogens is 328 g/mol. The molecular formula is C18H24N8. The molecule has 0 saturated carbocycles. The summed E-state index contributed by atoms with van der Waals surface area (Å²) >= 11 is 0. The molecule has 0 aromatic carbocycles. The van der Waals surface area contributed by atoms with Crippen LogP contribution in [0.3, 0.4) is 0 Å². The highest BCUT2D eigenvalue weighted by molar-refractivity contribution is 5.87. The van der Waals surface area contributed by atoms with Crippen LogP contribution in [0.25, 0.3) is 11.0 Å². The summed E-state index contributed by atoms with van der Waals surface area (Å²) in [6.45, 7) is 5.85. The van der Waals surface area contributed by atoms with Crippen LogP contribution < -0.4 is 9.80 Å². The summed E-state index contributed by atoms with van der Waals surface area (Å²) < 4.78 is 1.81. The largest absolute Gasteiger partial charge is 0.356 e. The summed E-state index contributed by atoms with van der Waals surface area (Å²) in [6.07, 6.45) is 5.62. The second-order valence-electron chi connectivity index (χ2n) is 6.95. The van der Waals surface area contributed by atoms with Gasteiger partial charge in [-0.05, 0) is 26.7 Å². The molecule has 1 saturated heterocycles. The molecule has 0 atom stereocenters. The number of anilines is 2. The zero-order chi connectivity index (χ0) is 18.3. The highest BCUT2D eigenvalue weighted by Gasteiger charge is 2.26. The van der Waals surface area contributed by atoms with E-state index >= 15 is 0 Å². The maximum absolute atomic E-state index is 4.71. The van der Waals surface area contributed by atoms with Gasteiger partial charge < -0.3 is 9.80 Å². The Hall–Kier alpha value is -2.77.